The molecule has 7 nitrogen and oxygen atoms in total. The molecule has 2 aliphatic heterocycles. The third kappa shape index (κ3) is 3.05. The number of hydrogen-bond donors (Lipinski definition) is 1. The zero-order valence-corrected chi connectivity index (χ0v) is 14.1. The minimum atomic E-state index is -3.65. The van der Waals surface area contributed by atoms with Crippen molar-refractivity contribution in [1.82, 2.24) is 14.6 Å². The summed E-state index contributed by atoms with van der Waals surface area (Å²) in [4.78, 5) is 18.2. The highest BCUT2D eigenvalue weighted by molar-refractivity contribution is 7.89. The summed E-state index contributed by atoms with van der Waals surface area (Å²) in [6.45, 7) is 4.88. The predicted molar refractivity (Wildman–Crippen MR) is 83.4 cm³/mol. The average molecular weight is 339 g/mol. The van der Waals surface area contributed by atoms with Crippen molar-refractivity contribution < 1.29 is 17.9 Å². The molecule has 1 unspecified atom stereocenters. The highest BCUT2D eigenvalue weighted by Crippen LogP contribution is 2.33. The van der Waals surface area contributed by atoms with E-state index in [1.54, 1.807) is 11.0 Å². The molecule has 1 saturated heterocycles. The van der Waals surface area contributed by atoms with Gasteiger partial charge in [-0.25, -0.2) is 18.1 Å². The van der Waals surface area contributed by atoms with Crippen LogP contribution in [0.1, 0.15) is 26.7 Å². The van der Waals surface area contributed by atoms with E-state index in [9.17, 15) is 13.2 Å². The molecule has 0 radical (unpaired) electrons. The van der Waals surface area contributed by atoms with Crippen molar-refractivity contribution in [2.45, 2.75) is 37.2 Å². The van der Waals surface area contributed by atoms with Gasteiger partial charge in [-0.1, -0.05) is 13.8 Å². The third-order valence-electron chi connectivity index (χ3n) is 4.27. The Morgan fingerprint density at radius 3 is 3.00 bits per heavy atom. The Morgan fingerprint density at radius 1 is 1.48 bits per heavy atom. The molecule has 3 rings (SSSR count). The number of aromatic nitrogens is 1. The van der Waals surface area contributed by atoms with Crippen LogP contribution in [0.3, 0.4) is 0 Å². The highest BCUT2D eigenvalue weighted by atomic mass is 32.2. The minimum absolute atomic E-state index is 0.0455. The number of hydrogen-bond acceptors (Lipinski definition) is 5. The van der Waals surface area contributed by atoms with Crippen LogP contribution < -0.4 is 9.46 Å². The number of pyridine rings is 1. The van der Waals surface area contributed by atoms with Crippen LogP contribution in [-0.4, -0.2) is 49.4 Å². The summed E-state index contributed by atoms with van der Waals surface area (Å²) in [6, 6.07) is 3.04. The normalized spacial score (nSPS) is 26.5. The highest BCUT2D eigenvalue weighted by Gasteiger charge is 2.44. The maximum absolute atomic E-state index is 12.3. The predicted octanol–water partition coefficient (Wildman–Crippen LogP) is 0.769. The van der Waals surface area contributed by atoms with Gasteiger partial charge in [-0.05, 0) is 25.0 Å². The molecule has 8 heteroatoms. The Morgan fingerprint density at radius 2 is 2.26 bits per heavy atom. The van der Waals surface area contributed by atoms with E-state index in [1.165, 1.54) is 12.3 Å². The number of nitrogens with one attached hydrogen (secondary N) is 1. The van der Waals surface area contributed by atoms with Gasteiger partial charge < -0.3 is 9.64 Å². The molecule has 1 fully saturated rings. The van der Waals surface area contributed by atoms with Gasteiger partial charge in [0.1, 0.15) is 10.5 Å². The van der Waals surface area contributed by atoms with Gasteiger partial charge in [-0.15, -0.1) is 0 Å². The van der Waals surface area contributed by atoms with Crippen molar-refractivity contribution in [2.24, 2.45) is 5.92 Å². The van der Waals surface area contributed by atoms with Gasteiger partial charge in [0, 0.05) is 18.7 Å². The number of rotatable bonds is 1. The van der Waals surface area contributed by atoms with Crippen molar-refractivity contribution in [3.05, 3.63) is 18.3 Å². The summed E-state index contributed by atoms with van der Waals surface area (Å²) in [5, 5.41) is 0. The summed E-state index contributed by atoms with van der Waals surface area (Å²) in [5.74, 6) is 0.0652. The van der Waals surface area contributed by atoms with Gasteiger partial charge in [0.25, 0.3) is 0 Å². The van der Waals surface area contributed by atoms with E-state index in [0.29, 0.717) is 19.5 Å². The first-order valence-electron chi connectivity index (χ1n) is 7.75. The lowest BCUT2D eigenvalue weighted by atomic mass is 9.91. The molecule has 1 spiro atoms. The Kier molecular flexibility index (Phi) is 4.05. The fourth-order valence-electron chi connectivity index (χ4n) is 3.08. The molecule has 0 bridgehead atoms. The van der Waals surface area contributed by atoms with Gasteiger partial charge in [0.05, 0.1) is 13.1 Å². The smallest absolute Gasteiger partial charge is 0.246 e. The number of carbonyl (C=O) groups is 1. The number of amides is 1. The lowest BCUT2D eigenvalue weighted by Gasteiger charge is -2.42. The first-order valence-corrected chi connectivity index (χ1v) is 9.24. The van der Waals surface area contributed by atoms with Gasteiger partial charge in [0.2, 0.25) is 21.8 Å². The lowest BCUT2D eigenvalue weighted by molar-refractivity contribution is -0.140. The number of carbonyl (C=O) groups excluding carboxylic acids is 1. The first-order chi connectivity index (χ1) is 10.8. The number of likely N-dealkylation sites (tertiary alicyclic amines) is 1. The van der Waals surface area contributed by atoms with Crippen LogP contribution >= 0.6 is 0 Å². The lowest BCUT2D eigenvalue weighted by Crippen LogP contribution is -2.58. The third-order valence-corrected chi connectivity index (χ3v) is 5.68. The van der Waals surface area contributed by atoms with Crippen LogP contribution in [0.4, 0.5) is 0 Å². The number of nitrogens with zero attached hydrogens (tertiary/aromatic N) is 2. The Balaban J connectivity index is 1.93. The van der Waals surface area contributed by atoms with E-state index in [-0.39, 0.29) is 29.1 Å². The molecule has 23 heavy (non-hydrogen) atoms. The van der Waals surface area contributed by atoms with E-state index < -0.39 is 15.6 Å². The zero-order chi connectivity index (χ0) is 16.7. The van der Waals surface area contributed by atoms with E-state index in [0.717, 1.165) is 6.42 Å². The molecular formula is C15H21N3O4S. The number of sulfonamides is 1. The molecule has 1 amide bonds. The molecule has 0 aliphatic carbocycles. The fraction of sp³-hybridized carbons (Fsp3) is 0.600. The standard InChI is InChI=1S/C15H21N3O4S/c1-11(2)14(19)18-8-4-6-15(10-18)9-17-23(20,21)12-5-3-7-16-13(12)22-15/h3,5,7,11,17H,4,6,8-10H2,1-2H3. The van der Waals surface area contributed by atoms with Crippen LogP contribution in [0.15, 0.2) is 23.2 Å². The van der Waals surface area contributed by atoms with Crippen LogP contribution in [0.2, 0.25) is 0 Å². The van der Waals surface area contributed by atoms with Crippen LogP contribution in [-0.2, 0) is 14.8 Å². The second-order valence-electron chi connectivity index (χ2n) is 6.43. The van der Waals surface area contributed by atoms with Gasteiger partial charge in [-0.3, -0.25) is 4.79 Å². The van der Waals surface area contributed by atoms with Gasteiger partial charge in [-0.2, -0.15) is 0 Å². The van der Waals surface area contributed by atoms with Crippen LogP contribution in [0.5, 0.6) is 5.88 Å². The van der Waals surface area contributed by atoms with Gasteiger partial charge >= 0.3 is 0 Å². The zero-order valence-electron chi connectivity index (χ0n) is 13.3. The molecule has 1 N–H and O–H groups in total. The minimum Gasteiger partial charge on any atom is -0.467 e. The number of fused-ring (bicyclic) bond motifs is 1. The molecule has 126 valence electrons. The molecule has 1 aromatic heterocycles. The Labute approximate surface area is 136 Å². The van der Waals surface area contributed by atoms with Crippen molar-refractivity contribution in [3.8, 4) is 5.88 Å². The van der Waals surface area contributed by atoms with Crippen molar-refractivity contribution in [1.29, 1.82) is 0 Å². The van der Waals surface area contributed by atoms with E-state index >= 15 is 0 Å². The maximum atomic E-state index is 12.3. The van der Waals surface area contributed by atoms with Crippen LogP contribution in [0, 0.1) is 5.92 Å². The number of ether oxygens (including phenoxy) is 1. The first kappa shape index (κ1) is 16.2. The summed E-state index contributed by atoms with van der Waals surface area (Å²) < 4.78 is 33.3. The summed E-state index contributed by atoms with van der Waals surface area (Å²) >= 11 is 0. The second kappa shape index (κ2) is 5.76. The molecule has 2 aliphatic rings. The monoisotopic (exact) mass is 339 g/mol. The van der Waals surface area contributed by atoms with E-state index in [2.05, 4.69) is 9.71 Å². The van der Waals surface area contributed by atoms with Crippen molar-refractivity contribution in [3.63, 3.8) is 0 Å². The Bertz CT molecular complexity index is 719. The summed E-state index contributed by atoms with van der Waals surface area (Å²) in [6.07, 6.45) is 2.95. The van der Waals surface area contributed by atoms with Crippen LogP contribution in [0.25, 0.3) is 0 Å². The fourth-order valence-corrected chi connectivity index (χ4v) is 4.27. The quantitative estimate of drug-likeness (QED) is 0.816. The molecular weight excluding hydrogens is 318 g/mol. The topological polar surface area (TPSA) is 88.6 Å². The van der Waals surface area contributed by atoms with Crippen molar-refractivity contribution >= 4 is 15.9 Å². The van der Waals surface area contributed by atoms with E-state index in [1.807, 2.05) is 13.8 Å². The van der Waals surface area contributed by atoms with Crippen molar-refractivity contribution in [2.75, 3.05) is 19.6 Å². The largest absolute Gasteiger partial charge is 0.467 e. The molecule has 0 aromatic carbocycles. The maximum Gasteiger partial charge on any atom is 0.246 e. The number of piperidine rings is 1. The summed E-state index contributed by atoms with van der Waals surface area (Å²) in [7, 11) is -3.65. The molecule has 1 aromatic rings. The second-order valence-corrected chi connectivity index (χ2v) is 8.17. The molecule has 1 atom stereocenters. The molecule has 3 heterocycles. The Hall–Kier alpha value is -1.67. The molecule has 0 saturated carbocycles. The van der Waals surface area contributed by atoms with Gasteiger partial charge in [0.15, 0.2) is 0 Å². The SMILES string of the molecule is CC(C)C(=O)N1CCCC2(CNS(=O)(=O)c3cccnc3O2)C1. The van der Waals surface area contributed by atoms with E-state index in [4.69, 9.17) is 4.74 Å². The average Bonchev–Trinajstić information content (AvgIpc) is 2.62. The summed E-state index contributed by atoms with van der Waals surface area (Å²) in [5.41, 5.74) is -0.768.